The van der Waals surface area contributed by atoms with E-state index in [0.29, 0.717) is 27.2 Å². The maximum absolute atomic E-state index is 12.2. The lowest BCUT2D eigenvalue weighted by molar-refractivity contribution is -0.151. The van der Waals surface area contributed by atoms with Gasteiger partial charge in [0.1, 0.15) is 0 Å². The van der Waals surface area contributed by atoms with Crippen LogP contribution in [0.3, 0.4) is 0 Å². The largest absolute Gasteiger partial charge is 0.493 e. The van der Waals surface area contributed by atoms with Gasteiger partial charge >= 0.3 is 5.97 Å². The highest BCUT2D eigenvalue weighted by molar-refractivity contribution is 9.10. The Kier molecular flexibility index (Phi) is 8.87. The van der Waals surface area contributed by atoms with Gasteiger partial charge in [-0.1, -0.05) is 33.6 Å². The molecule has 31 heavy (non-hydrogen) atoms. The zero-order valence-electron chi connectivity index (χ0n) is 17.9. The van der Waals surface area contributed by atoms with Gasteiger partial charge in [0.25, 0.3) is 5.91 Å². The van der Waals surface area contributed by atoms with E-state index in [9.17, 15) is 14.4 Å². The summed E-state index contributed by atoms with van der Waals surface area (Å²) in [7, 11) is 4.48. The molecule has 0 radical (unpaired) electrons. The van der Waals surface area contributed by atoms with Crippen LogP contribution < -0.4 is 14.8 Å². The number of benzene rings is 2. The minimum absolute atomic E-state index is 0.0636. The summed E-state index contributed by atoms with van der Waals surface area (Å²) in [5.41, 5.74) is 2.34. The second-order valence-electron chi connectivity index (χ2n) is 6.80. The highest BCUT2D eigenvalue weighted by Gasteiger charge is 2.17. The van der Waals surface area contributed by atoms with Crippen LogP contribution in [0.2, 0.25) is 0 Å². The van der Waals surface area contributed by atoms with Gasteiger partial charge in [0.15, 0.2) is 18.1 Å². The zero-order chi connectivity index (χ0) is 23.0. The fourth-order valence-corrected chi connectivity index (χ4v) is 3.09. The molecular weight excluding hydrogens is 468 g/mol. The number of hydrogen-bond acceptors (Lipinski definition) is 6. The molecule has 0 bridgehead atoms. The third-order valence-electron chi connectivity index (χ3n) is 4.39. The van der Waals surface area contributed by atoms with Crippen LogP contribution in [0.15, 0.2) is 40.9 Å². The first-order valence-electron chi connectivity index (χ1n) is 9.40. The number of nitrogens with zero attached hydrogens (tertiary/aromatic N) is 1. The van der Waals surface area contributed by atoms with Crippen LogP contribution in [0.1, 0.15) is 11.1 Å². The number of ether oxygens (including phenoxy) is 3. The molecule has 0 unspecified atom stereocenters. The van der Waals surface area contributed by atoms with Crippen LogP contribution in [-0.2, 0) is 25.5 Å². The summed E-state index contributed by atoms with van der Waals surface area (Å²) in [4.78, 5) is 37.7. The number of hydrogen-bond donors (Lipinski definition) is 1. The zero-order valence-corrected chi connectivity index (χ0v) is 19.4. The lowest BCUT2D eigenvalue weighted by Crippen LogP contribution is -2.37. The van der Waals surface area contributed by atoms with Crippen LogP contribution in [0, 0.1) is 6.92 Å². The van der Waals surface area contributed by atoms with Gasteiger partial charge < -0.3 is 24.4 Å². The summed E-state index contributed by atoms with van der Waals surface area (Å²) in [5, 5.41) is 2.71. The number of nitrogens with one attached hydrogen (secondary N) is 1. The van der Waals surface area contributed by atoms with Gasteiger partial charge in [-0.2, -0.15) is 0 Å². The molecule has 166 valence electrons. The molecule has 0 saturated carbocycles. The summed E-state index contributed by atoms with van der Waals surface area (Å²) in [6.07, 6.45) is -0.0636. The van der Waals surface area contributed by atoms with Gasteiger partial charge in [-0.25, -0.2) is 0 Å². The van der Waals surface area contributed by atoms with Crippen LogP contribution in [0.4, 0.5) is 5.69 Å². The molecule has 0 aromatic heterocycles. The highest BCUT2D eigenvalue weighted by Crippen LogP contribution is 2.33. The second-order valence-corrected chi connectivity index (χ2v) is 7.65. The number of esters is 1. The summed E-state index contributed by atoms with van der Waals surface area (Å²) in [6, 6.07) is 10.7. The molecule has 0 aliphatic carbocycles. The van der Waals surface area contributed by atoms with Crippen LogP contribution >= 0.6 is 15.9 Å². The van der Waals surface area contributed by atoms with Crippen molar-refractivity contribution >= 4 is 39.4 Å². The first-order chi connectivity index (χ1) is 14.7. The Bertz CT molecular complexity index is 946. The Labute approximate surface area is 189 Å². The van der Waals surface area contributed by atoms with E-state index < -0.39 is 18.5 Å². The number of rotatable bonds is 9. The highest BCUT2D eigenvalue weighted by atomic mass is 79.9. The Morgan fingerprint density at radius 3 is 2.26 bits per heavy atom. The van der Waals surface area contributed by atoms with Gasteiger partial charge in [-0.05, 0) is 36.8 Å². The van der Waals surface area contributed by atoms with Crippen molar-refractivity contribution in [2.45, 2.75) is 13.3 Å². The standard InChI is InChI=1S/C22H25BrN2O6/c1-14-5-7-16(8-6-14)24-20(26)12-25(2)21(27)13-31-22(28)10-15-9-18(29-3)19(30-4)11-17(15)23/h5-9,11H,10,12-13H2,1-4H3,(H,24,26). The van der Waals surface area contributed by atoms with E-state index in [2.05, 4.69) is 21.2 Å². The van der Waals surface area contributed by atoms with E-state index in [4.69, 9.17) is 14.2 Å². The molecule has 2 aromatic rings. The fraction of sp³-hybridized carbons (Fsp3) is 0.318. The van der Waals surface area contributed by atoms with Crippen molar-refractivity contribution < 1.29 is 28.6 Å². The fourth-order valence-electron chi connectivity index (χ4n) is 2.63. The molecular formula is C22H25BrN2O6. The number of halogens is 1. The number of likely N-dealkylation sites (N-methyl/N-ethyl adjacent to an activating group) is 1. The summed E-state index contributed by atoms with van der Waals surface area (Å²) in [5.74, 6) is -0.422. The molecule has 0 spiro atoms. The molecule has 0 saturated heterocycles. The van der Waals surface area contributed by atoms with E-state index in [-0.39, 0.29) is 18.9 Å². The molecule has 8 nitrogen and oxygen atoms in total. The summed E-state index contributed by atoms with van der Waals surface area (Å²) >= 11 is 3.38. The lowest BCUT2D eigenvalue weighted by atomic mass is 10.1. The van der Waals surface area contributed by atoms with E-state index >= 15 is 0 Å². The van der Waals surface area contributed by atoms with Gasteiger partial charge in [0.2, 0.25) is 5.91 Å². The minimum atomic E-state index is -0.584. The van der Waals surface area contributed by atoms with Crippen LogP contribution in [0.5, 0.6) is 11.5 Å². The van der Waals surface area contributed by atoms with Crippen molar-refractivity contribution in [1.82, 2.24) is 4.90 Å². The first-order valence-corrected chi connectivity index (χ1v) is 10.2. The molecule has 2 amide bonds. The summed E-state index contributed by atoms with van der Waals surface area (Å²) < 4.78 is 16.2. The quantitative estimate of drug-likeness (QED) is 0.540. The van der Waals surface area contributed by atoms with E-state index in [1.165, 1.54) is 26.2 Å². The predicted octanol–water partition coefficient (Wildman–Crippen LogP) is 2.96. The SMILES string of the molecule is COc1cc(Br)c(CC(=O)OCC(=O)N(C)CC(=O)Nc2ccc(C)cc2)cc1OC. The number of carbonyl (C=O) groups is 3. The number of aryl methyl sites for hydroxylation is 1. The molecule has 2 aromatic carbocycles. The van der Waals surface area contributed by atoms with Crippen molar-refractivity contribution in [2.75, 3.05) is 39.7 Å². The van der Waals surface area contributed by atoms with Crippen LogP contribution in [0.25, 0.3) is 0 Å². The maximum Gasteiger partial charge on any atom is 0.310 e. The smallest absolute Gasteiger partial charge is 0.310 e. The Hall–Kier alpha value is -3.07. The predicted molar refractivity (Wildman–Crippen MR) is 119 cm³/mol. The second kappa shape index (κ2) is 11.4. The van der Waals surface area contributed by atoms with Gasteiger partial charge in [0.05, 0.1) is 27.2 Å². The van der Waals surface area contributed by atoms with Gasteiger partial charge in [0, 0.05) is 17.2 Å². The summed E-state index contributed by atoms with van der Waals surface area (Å²) in [6.45, 7) is 1.33. The first kappa shape index (κ1) is 24.2. The Morgan fingerprint density at radius 1 is 1.03 bits per heavy atom. The van der Waals surface area contributed by atoms with Crippen molar-refractivity contribution in [3.63, 3.8) is 0 Å². The van der Waals surface area contributed by atoms with Gasteiger partial charge in [-0.3, -0.25) is 14.4 Å². The number of methoxy groups -OCH3 is 2. The number of anilines is 1. The van der Waals surface area contributed by atoms with Crippen LogP contribution in [-0.4, -0.2) is 57.1 Å². The number of amides is 2. The molecule has 9 heteroatoms. The molecule has 0 fully saturated rings. The Morgan fingerprint density at radius 2 is 1.65 bits per heavy atom. The average Bonchev–Trinajstić information content (AvgIpc) is 2.74. The molecule has 1 N–H and O–H groups in total. The van der Waals surface area contributed by atoms with Crippen molar-refractivity contribution in [3.05, 3.63) is 52.0 Å². The molecule has 0 atom stereocenters. The van der Waals surface area contributed by atoms with Crippen molar-refractivity contribution in [2.24, 2.45) is 0 Å². The number of carbonyl (C=O) groups excluding carboxylic acids is 3. The third kappa shape index (κ3) is 7.29. The maximum atomic E-state index is 12.2. The third-order valence-corrected chi connectivity index (χ3v) is 5.12. The molecule has 0 aliphatic heterocycles. The lowest BCUT2D eigenvalue weighted by Gasteiger charge is -2.17. The monoisotopic (exact) mass is 492 g/mol. The topological polar surface area (TPSA) is 94.2 Å². The molecule has 2 rings (SSSR count). The molecule has 0 heterocycles. The van der Waals surface area contributed by atoms with Crippen molar-refractivity contribution in [1.29, 1.82) is 0 Å². The van der Waals surface area contributed by atoms with Gasteiger partial charge in [-0.15, -0.1) is 0 Å². The minimum Gasteiger partial charge on any atom is -0.493 e. The van der Waals surface area contributed by atoms with E-state index in [1.54, 1.807) is 24.3 Å². The normalized spacial score (nSPS) is 10.2. The van der Waals surface area contributed by atoms with E-state index in [1.807, 2.05) is 19.1 Å². The molecule has 0 aliphatic rings. The Balaban J connectivity index is 1.83. The average molecular weight is 493 g/mol. The van der Waals surface area contributed by atoms with E-state index in [0.717, 1.165) is 5.56 Å². The van der Waals surface area contributed by atoms with Crippen molar-refractivity contribution in [3.8, 4) is 11.5 Å².